The molecule has 0 aliphatic heterocycles. The van der Waals surface area contributed by atoms with Crippen LogP contribution in [-0.4, -0.2) is 43.5 Å². The zero-order valence-corrected chi connectivity index (χ0v) is 23.6. The maximum absolute atomic E-state index is 13.3. The Labute approximate surface area is 244 Å². The highest BCUT2D eigenvalue weighted by molar-refractivity contribution is 7.17. The fourth-order valence-corrected chi connectivity index (χ4v) is 5.43. The van der Waals surface area contributed by atoms with E-state index in [-0.39, 0.29) is 24.3 Å². The second-order valence-electron chi connectivity index (χ2n) is 9.61. The number of nitrogens with one attached hydrogen (secondary N) is 1. The first-order valence-corrected chi connectivity index (χ1v) is 13.9. The molecule has 0 aliphatic rings. The van der Waals surface area contributed by atoms with Crippen molar-refractivity contribution in [2.24, 2.45) is 0 Å². The third kappa shape index (κ3) is 5.42. The molecule has 4 aromatic heterocycles. The van der Waals surface area contributed by atoms with Gasteiger partial charge in [-0.05, 0) is 48.5 Å². The minimum Gasteiger partial charge on any atom is -0.440 e. The minimum absolute atomic E-state index is 0.114. The first-order chi connectivity index (χ1) is 20.4. The van der Waals surface area contributed by atoms with Crippen LogP contribution in [0.15, 0.2) is 95.8 Å². The quantitative estimate of drug-likeness (QED) is 0.237. The monoisotopic (exact) mass is 578 g/mol. The molecule has 42 heavy (non-hydrogen) atoms. The van der Waals surface area contributed by atoms with E-state index in [0.29, 0.717) is 44.4 Å². The maximum Gasteiger partial charge on any atom is 0.268 e. The molecule has 0 spiro atoms. The largest absolute Gasteiger partial charge is 0.440 e. The van der Waals surface area contributed by atoms with Crippen LogP contribution in [0.3, 0.4) is 0 Å². The third-order valence-corrected chi connectivity index (χ3v) is 7.89. The van der Waals surface area contributed by atoms with Gasteiger partial charge in [0, 0.05) is 43.2 Å². The van der Waals surface area contributed by atoms with Gasteiger partial charge in [0.25, 0.3) is 11.8 Å². The fourth-order valence-electron chi connectivity index (χ4n) is 4.58. The molecule has 0 bridgehead atoms. The lowest BCUT2D eigenvalue weighted by molar-refractivity contribution is 0.0991. The Hall–Kier alpha value is -5.13. The number of aliphatic hydroxyl groups is 1. The molecule has 2 N–H and O–H groups in total. The molecule has 0 saturated carbocycles. The molecule has 4 heterocycles. The summed E-state index contributed by atoms with van der Waals surface area (Å²) in [6.45, 7) is 1.87. The van der Waals surface area contributed by atoms with Gasteiger partial charge in [0.05, 0.1) is 39.6 Å². The van der Waals surface area contributed by atoms with E-state index in [1.54, 1.807) is 84.5 Å². The number of aryl methyl sites for hydroxylation is 1. The van der Waals surface area contributed by atoms with Crippen molar-refractivity contribution in [3.05, 3.63) is 113 Å². The van der Waals surface area contributed by atoms with Crippen LogP contribution in [0.4, 0.5) is 11.6 Å². The number of fused-ring (bicyclic) bond motifs is 1. The molecule has 210 valence electrons. The molecule has 6 rings (SSSR count). The minimum atomic E-state index is -0.906. The number of anilines is 2. The highest BCUT2D eigenvalue weighted by Crippen LogP contribution is 2.31. The number of nitrogens with zero attached hydrogens (tertiary/aromatic N) is 5. The number of carbonyl (C=O) groups is 2. The summed E-state index contributed by atoms with van der Waals surface area (Å²) in [5.41, 5.74) is 3.07. The predicted octanol–water partition coefficient (Wildman–Crippen LogP) is 5.72. The van der Waals surface area contributed by atoms with Gasteiger partial charge in [0.1, 0.15) is 0 Å². The normalized spacial score (nSPS) is 11.9. The van der Waals surface area contributed by atoms with Crippen LogP contribution in [0.2, 0.25) is 0 Å². The summed E-state index contributed by atoms with van der Waals surface area (Å²) >= 11 is 1.27. The van der Waals surface area contributed by atoms with Gasteiger partial charge in [-0.15, -0.1) is 11.3 Å². The lowest BCUT2D eigenvalue weighted by Crippen LogP contribution is -2.26. The lowest BCUT2D eigenvalue weighted by atomic mass is 10.1. The van der Waals surface area contributed by atoms with Crippen LogP contribution >= 0.6 is 11.3 Å². The first-order valence-electron chi connectivity index (χ1n) is 13.1. The summed E-state index contributed by atoms with van der Waals surface area (Å²) < 4.78 is 7.34. The molecular weight excluding hydrogens is 552 g/mol. The number of oxazole rings is 1. The molecule has 6 aromatic rings. The molecule has 0 fully saturated rings. The molecule has 2 amide bonds. The second kappa shape index (κ2) is 11.4. The standard InChI is InChI=1S/C31H26N6O4S/c1-19-33-17-26(41-19)27-12-13-28(42-27)29(39)35-31-34-23-15-22(36(2)30(40)20-7-4-3-5-8-20)10-11-24(23)37(31)18-25(38)21-9-6-14-32-16-21/h3-17,25,38H,18H2,1-2H3,(H,34,35,39)/t25-/m0/s1. The van der Waals surface area contributed by atoms with Gasteiger partial charge in [-0.3, -0.25) is 19.9 Å². The summed E-state index contributed by atoms with van der Waals surface area (Å²) in [7, 11) is 1.70. The number of carbonyl (C=O) groups excluding carboxylic acids is 2. The first kappa shape index (κ1) is 27.1. The van der Waals surface area contributed by atoms with E-state index in [2.05, 4.69) is 15.3 Å². The smallest absolute Gasteiger partial charge is 0.268 e. The van der Waals surface area contributed by atoms with Crippen molar-refractivity contribution < 1.29 is 19.1 Å². The number of hydrogen-bond donors (Lipinski definition) is 2. The Balaban J connectivity index is 1.33. The van der Waals surface area contributed by atoms with Gasteiger partial charge in [0.2, 0.25) is 5.95 Å². The van der Waals surface area contributed by atoms with Crippen LogP contribution in [0.25, 0.3) is 21.7 Å². The number of aromatic nitrogens is 4. The Bertz CT molecular complexity index is 1880. The Morgan fingerprint density at radius 1 is 1.07 bits per heavy atom. The maximum atomic E-state index is 13.3. The van der Waals surface area contributed by atoms with E-state index < -0.39 is 6.10 Å². The Morgan fingerprint density at radius 3 is 2.64 bits per heavy atom. The van der Waals surface area contributed by atoms with Crippen molar-refractivity contribution >= 4 is 45.8 Å². The molecule has 2 aromatic carbocycles. The van der Waals surface area contributed by atoms with Gasteiger partial charge >= 0.3 is 0 Å². The van der Waals surface area contributed by atoms with Crippen molar-refractivity contribution in [2.75, 3.05) is 17.3 Å². The van der Waals surface area contributed by atoms with Crippen molar-refractivity contribution in [3.63, 3.8) is 0 Å². The topological polar surface area (TPSA) is 126 Å². The van der Waals surface area contributed by atoms with E-state index in [4.69, 9.17) is 9.40 Å². The predicted molar refractivity (Wildman–Crippen MR) is 161 cm³/mol. The number of hydrogen-bond acceptors (Lipinski definition) is 8. The number of imidazole rings is 1. The van der Waals surface area contributed by atoms with Gasteiger partial charge < -0.3 is 19.0 Å². The summed E-state index contributed by atoms with van der Waals surface area (Å²) in [5.74, 6) is 0.875. The molecule has 0 unspecified atom stereocenters. The molecule has 0 aliphatic carbocycles. The van der Waals surface area contributed by atoms with Crippen molar-refractivity contribution in [2.45, 2.75) is 19.6 Å². The summed E-state index contributed by atoms with van der Waals surface area (Å²) in [6.07, 6.45) is 3.96. The number of pyridine rings is 1. The fraction of sp³-hybridized carbons (Fsp3) is 0.129. The highest BCUT2D eigenvalue weighted by Gasteiger charge is 2.21. The number of aliphatic hydroxyl groups excluding tert-OH is 1. The Morgan fingerprint density at radius 2 is 1.90 bits per heavy atom. The van der Waals surface area contributed by atoms with Gasteiger partial charge in [-0.25, -0.2) is 9.97 Å². The zero-order chi connectivity index (χ0) is 29.2. The molecule has 0 radical (unpaired) electrons. The van der Waals surface area contributed by atoms with Gasteiger partial charge in [-0.1, -0.05) is 24.3 Å². The average molecular weight is 579 g/mol. The number of benzene rings is 2. The van der Waals surface area contributed by atoms with E-state index in [1.807, 2.05) is 30.3 Å². The van der Waals surface area contributed by atoms with E-state index in [0.717, 1.165) is 4.88 Å². The zero-order valence-electron chi connectivity index (χ0n) is 22.8. The molecule has 0 saturated heterocycles. The van der Waals surface area contributed by atoms with Crippen LogP contribution in [-0.2, 0) is 6.54 Å². The molecule has 11 heteroatoms. The van der Waals surface area contributed by atoms with Crippen LogP contribution < -0.4 is 10.2 Å². The second-order valence-corrected chi connectivity index (χ2v) is 10.7. The van der Waals surface area contributed by atoms with Crippen LogP contribution in [0, 0.1) is 6.92 Å². The van der Waals surface area contributed by atoms with Crippen LogP contribution in [0.1, 0.15) is 37.6 Å². The number of rotatable bonds is 8. The van der Waals surface area contributed by atoms with Crippen LogP contribution in [0.5, 0.6) is 0 Å². The number of amides is 2. The summed E-state index contributed by atoms with van der Waals surface area (Å²) in [5, 5.41) is 13.9. The van der Waals surface area contributed by atoms with E-state index in [1.165, 1.54) is 11.3 Å². The SMILES string of the molecule is Cc1ncc(-c2ccc(C(=O)Nc3nc4cc(N(C)C(=O)c5ccccc5)ccc4n3C[C@H](O)c3cccnc3)s2)o1. The summed E-state index contributed by atoms with van der Waals surface area (Å²) in [6, 6.07) is 21.5. The third-order valence-electron chi connectivity index (χ3n) is 6.79. The van der Waals surface area contributed by atoms with E-state index >= 15 is 0 Å². The van der Waals surface area contributed by atoms with Crippen molar-refractivity contribution in [3.8, 4) is 10.6 Å². The summed E-state index contributed by atoms with van der Waals surface area (Å²) in [4.78, 5) is 42.1. The highest BCUT2D eigenvalue weighted by atomic mass is 32.1. The molecule has 10 nitrogen and oxygen atoms in total. The van der Waals surface area contributed by atoms with Crippen molar-refractivity contribution in [1.82, 2.24) is 19.5 Å². The van der Waals surface area contributed by atoms with Crippen molar-refractivity contribution in [1.29, 1.82) is 0 Å². The van der Waals surface area contributed by atoms with Gasteiger partial charge in [-0.2, -0.15) is 0 Å². The Kier molecular flexibility index (Phi) is 7.34. The average Bonchev–Trinajstić information content (AvgIpc) is 3.76. The molecular formula is C31H26N6O4S. The lowest BCUT2D eigenvalue weighted by Gasteiger charge is -2.18. The number of thiophene rings is 1. The van der Waals surface area contributed by atoms with E-state index in [9.17, 15) is 14.7 Å². The molecule has 1 atom stereocenters. The van der Waals surface area contributed by atoms with Gasteiger partial charge in [0.15, 0.2) is 11.7 Å².